The summed E-state index contributed by atoms with van der Waals surface area (Å²) >= 11 is 0. The number of carbonyl (C=O) groups is 4. The van der Waals surface area contributed by atoms with Gasteiger partial charge in [0.2, 0.25) is 0 Å². The predicted octanol–water partition coefficient (Wildman–Crippen LogP) is 11.9. The molecule has 8 rings (SSSR count). The van der Waals surface area contributed by atoms with Crippen LogP contribution in [0, 0.1) is 13.8 Å². The summed E-state index contributed by atoms with van der Waals surface area (Å²) in [6.07, 6.45) is 0. The molecule has 0 aromatic heterocycles. The van der Waals surface area contributed by atoms with Crippen LogP contribution >= 0.6 is 0 Å². The SMILES string of the molecule is Cc1ccc(Nc2cc3c4c(c(Nc5ccccc5)cc5c4c2C(=O)N(c2c(C(C)C)cccc2C(C)C)C5=O)C(=O)N(c2c(C)cccc2C(C)C)C3=O)cc1. The van der Waals surface area contributed by atoms with Crippen LogP contribution in [0.2, 0.25) is 0 Å². The third kappa shape index (κ3) is 6.07. The Morgan fingerprint density at radius 1 is 0.456 bits per heavy atom. The van der Waals surface area contributed by atoms with E-state index >= 15 is 19.2 Å². The minimum atomic E-state index is -0.534. The van der Waals surface area contributed by atoms with Crippen LogP contribution in [0.4, 0.5) is 34.1 Å². The van der Waals surface area contributed by atoms with Crippen molar-refractivity contribution in [3.63, 3.8) is 0 Å². The van der Waals surface area contributed by atoms with Gasteiger partial charge in [-0.2, -0.15) is 0 Å². The molecule has 0 atom stereocenters. The van der Waals surface area contributed by atoms with Gasteiger partial charge in [0.1, 0.15) is 0 Å². The van der Waals surface area contributed by atoms with Crippen LogP contribution in [-0.4, -0.2) is 23.6 Å². The maximum Gasteiger partial charge on any atom is 0.268 e. The third-order valence-electron chi connectivity index (χ3n) is 11.2. The smallest absolute Gasteiger partial charge is 0.268 e. The molecule has 2 aliphatic heterocycles. The number of carbonyl (C=O) groups excluding carboxylic acids is 4. The molecule has 2 aliphatic rings. The lowest BCUT2D eigenvalue weighted by atomic mass is 9.82. The first-order valence-electron chi connectivity index (χ1n) is 19.6. The van der Waals surface area contributed by atoms with Crippen molar-refractivity contribution in [1.29, 1.82) is 0 Å². The van der Waals surface area contributed by atoms with Gasteiger partial charge in [0.05, 0.1) is 45.0 Å². The number of amides is 4. The molecule has 6 aromatic carbocycles. The zero-order valence-corrected chi connectivity index (χ0v) is 33.6. The maximum atomic E-state index is 15.4. The van der Waals surface area contributed by atoms with Crippen LogP contribution in [0.15, 0.2) is 103 Å². The number of rotatable bonds is 9. The lowest BCUT2D eigenvalue weighted by molar-refractivity contribution is 0.0873. The number of nitrogens with one attached hydrogen (secondary N) is 2. The molecule has 0 saturated carbocycles. The number of aryl methyl sites for hydroxylation is 2. The van der Waals surface area contributed by atoms with E-state index in [1.54, 1.807) is 12.1 Å². The van der Waals surface area contributed by atoms with Gasteiger partial charge in [-0.25, -0.2) is 9.80 Å². The fourth-order valence-electron chi connectivity index (χ4n) is 8.36. The molecule has 286 valence electrons. The summed E-state index contributed by atoms with van der Waals surface area (Å²) in [6, 6.07) is 32.3. The molecule has 0 radical (unpaired) electrons. The highest BCUT2D eigenvalue weighted by atomic mass is 16.2. The zero-order valence-electron chi connectivity index (χ0n) is 33.6. The average Bonchev–Trinajstić information content (AvgIpc) is 3.18. The third-order valence-corrected chi connectivity index (χ3v) is 11.2. The molecule has 8 heteroatoms. The van der Waals surface area contributed by atoms with E-state index in [4.69, 9.17) is 0 Å². The van der Waals surface area contributed by atoms with E-state index in [9.17, 15) is 0 Å². The Kier molecular flexibility index (Phi) is 9.31. The minimum absolute atomic E-state index is 0.00335. The topological polar surface area (TPSA) is 98.8 Å². The molecule has 0 fully saturated rings. The Balaban J connectivity index is 1.49. The highest BCUT2D eigenvalue weighted by molar-refractivity contribution is 6.45. The van der Waals surface area contributed by atoms with E-state index < -0.39 is 23.6 Å². The van der Waals surface area contributed by atoms with Gasteiger partial charge < -0.3 is 10.6 Å². The summed E-state index contributed by atoms with van der Waals surface area (Å²) in [7, 11) is 0. The highest BCUT2D eigenvalue weighted by Crippen LogP contribution is 2.49. The monoisotopic (exact) mass is 754 g/mol. The molecular weight excluding hydrogens is 709 g/mol. The summed E-state index contributed by atoms with van der Waals surface area (Å²) < 4.78 is 0. The molecule has 2 N–H and O–H groups in total. The number of hydrogen-bond donors (Lipinski definition) is 2. The Hall–Kier alpha value is -6.54. The van der Waals surface area contributed by atoms with E-state index in [0.717, 1.165) is 27.8 Å². The second kappa shape index (κ2) is 14.2. The molecule has 4 amide bonds. The van der Waals surface area contributed by atoms with Crippen LogP contribution in [-0.2, 0) is 0 Å². The Morgan fingerprint density at radius 2 is 0.877 bits per heavy atom. The highest BCUT2D eigenvalue weighted by Gasteiger charge is 2.45. The molecule has 0 saturated heterocycles. The molecule has 6 aromatic rings. The lowest BCUT2D eigenvalue weighted by Gasteiger charge is -2.37. The van der Waals surface area contributed by atoms with Crippen molar-refractivity contribution in [2.24, 2.45) is 0 Å². The van der Waals surface area contributed by atoms with E-state index in [2.05, 4.69) is 38.3 Å². The quantitative estimate of drug-likeness (QED) is 0.143. The summed E-state index contributed by atoms with van der Waals surface area (Å²) in [6.45, 7) is 16.2. The predicted molar refractivity (Wildman–Crippen MR) is 230 cm³/mol. The van der Waals surface area contributed by atoms with Gasteiger partial charge in [-0.15, -0.1) is 0 Å². The Morgan fingerprint density at radius 3 is 1.35 bits per heavy atom. The largest absolute Gasteiger partial charge is 0.355 e. The van der Waals surface area contributed by atoms with Crippen molar-refractivity contribution in [3.8, 4) is 0 Å². The number of anilines is 6. The van der Waals surface area contributed by atoms with E-state index in [1.807, 2.05) is 119 Å². The number of para-hydroxylation sites is 3. The molecule has 57 heavy (non-hydrogen) atoms. The van der Waals surface area contributed by atoms with Crippen molar-refractivity contribution in [1.82, 2.24) is 0 Å². The van der Waals surface area contributed by atoms with E-state index in [-0.39, 0.29) is 50.8 Å². The van der Waals surface area contributed by atoms with Crippen molar-refractivity contribution < 1.29 is 19.2 Å². The van der Waals surface area contributed by atoms with Gasteiger partial charge in [0, 0.05) is 22.1 Å². The van der Waals surface area contributed by atoms with Gasteiger partial charge in [-0.3, -0.25) is 19.2 Å². The van der Waals surface area contributed by atoms with Crippen molar-refractivity contribution >= 4 is 68.5 Å². The molecule has 0 aliphatic carbocycles. The van der Waals surface area contributed by atoms with Crippen LogP contribution in [0.25, 0.3) is 10.8 Å². The fourth-order valence-corrected chi connectivity index (χ4v) is 8.36. The summed E-state index contributed by atoms with van der Waals surface area (Å²) in [5.41, 5.74) is 8.51. The number of nitrogens with zero attached hydrogens (tertiary/aromatic N) is 2. The van der Waals surface area contributed by atoms with Gasteiger partial charge in [-0.1, -0.05) is 114 Å². The lowest BCUT2D eigenvalue weighted by Crippen LogP contribution is -2.45. The summed E-state index contributed by atoms with van der Waals surface area (Å²) in [5.74, 6) is -2.12. The second-order valence-corrected chi connectivity index (χ2v) is 16.1. The van der Waals surface area contributed by atoms with Gasteiger partial charge in [-0.05, 0) is 90.3 Å². The fraction of sp³-hybridized carbons (Fsp3) is 0.224. The first-order chi connectivity index (χ1) is 27.3. The Bertz CT molecular complexity index is 2630. The molecule has 0 unspecified atom stereocenters. The van der Waals surface area contributed by atoms with Gasteiger partial charge in [0.25, 0.3) is 23.6 Å². The van der Waals surface area contributed by atoms with Crippen molar-refractivity contribution in [3.05, 3.63) is 153 Å². The number of benzene rings is 6. The molecule has 2 heterocycles. The summed E-state index contributed by atoms with van der Waals surface area (Å²) in [5, 5.41) is 7.47. The average molecular weight is 755 g/mol. The first kappa shape index (κ1) is 37.4. The standard InChI is InChI=1S/C49H46N4O4/c1-26(2)33-17-12-14-30(8)44(33)52-46(54)36-24-39(51-32-22-20-29(7)21-23-32)43-41-37(25-38(42(40(36)41)48(52)56)50-31-15-10-9-11-16-31)47(55)53(49(43)57)45-34(27(3)4)18-13-19-35(45)28(5)6/h9-28,50-51H,1-8H3. The minimum Gasteiger partial charge on any atom is -0.355 e. The first-order valence-corrected chi connectivity index (χ1v) is 19.6. The van der Waals surface area contributed by atoms with Crippen LogP contribution in [0.3, 0.4) is 0 Å². The van der Waals surface area contributed by atoms with Crippen molar-refractivity contribution in [2.45, 2.75) is 73.1 Å². The normalized spacial score (nSPS) is 13.8. The molecule has 8 nitrogen and oxygen atoms in total. The van der Waals surface area contributed by atoms with Crippen LogP contribution in [0.5, 0.6) is 0 Å². The zero-order chi connectivity index (χ0) is 40.4. The number of hydrogen-bond acceptors (Lipinski definition) is 6. The Labute approximate surface area is 333 Å². The van der Waals surface area contributed by atoms with E-state index in [1.165, 1.54) is 9.80 Å². The number of imide groups is 2. The van der Waals surface area contributed by atoms with E-state index in [0.29, 0.717) is 34.1 Å². The summed E-state index contributed by atoms with van der Waals surface area (Å²) in [4.78, 5) is 63.7. The van der Waals surface area contributed by atoms with Crippen LogP contribution in [0.1, 0.15) is 129 Å². The molecule has 0 spiro atoms. The van der Waals surface area contributed by atoms with Gasteiger partial charge >= 0.3 is 0 Å². The molecular formula is C49H46N4O4. The maximum absolute atomic E-state index is 15.4. The molecule has 0 bridgehead atoms. The second-order valence-electron chi connectivity index (χ2n) is 16.1. The van der Waals surface area contributed by atoms with Crippen LogP contribution < -0.4 is 20.4 Å². The van der Waals surface area contributed by atoms with Gasteiger partial charge in [0.15, 0.2) is 0 Å². The van der Waals surface area contributed by atoms with Crippen molar-refractivity contribution in [2.75, 3.05) is 20.4 Å².